The molecule has 22 heavy (non-hydrogen) atoms. The summed E-state index contributed by atoms with van der Waals surface area (Å²) in [6.45, 7) is 0.185. The number of carbonyl (C=O) groups is 2. The zero-order valence-electron chi connectivity index (χ0n) is 11.6. The Kier molecular flexibility index (Phi) is 5.08. The molecule has 0 atom stereocenters. The molecule has 2 aromatic carbocycles. The number of carboxylic acid groups (broad SMARTS) is 1. The number of aromatic carboxylic acids is 1. The Labute approximate surface area is 126 Å². The van der Waals surface area contributed by atoms with Crippen LogP contribution in [-0.2, 0) is 17.9 Å². The summed E-state index contributed by atoms with van der Waals surface area (Å²) in [5.41, 5.74) is 0.889. The molecule has 0 bridgehead atoms. The van der Waals surface area contributed by atoms with Crippen LogP contribution in [0, 0.1) is 5.82 Å². The van der Waals surface area contributed by atoms with Crippen LogP contribution in [0.4, 0.5) is 9.18 Å². The molecule has 0 radical (unpaired) electrons. The van der Waals surface area contributed by atoms with E-state index in [4.69, 9.17) is 9.84 Å². The second-order valence-electron chi connectivity index (χ2n) is 4.53. The number of ether oxygens (including phenoxy) is 1. The third-order valence-corrected chi connectivity index (χ3v) is 2.91. The van der Waals surface area contributed by atoms with Gasteiger partial charge in [-0.15, -0.1) is 0 Å². The zero-order chi connectivity index (χ0) is 15.9. The van der Waals surface area contributed by atoms with Crippen LogP contribution in [0.1, 0.15) is 21.5 Å². The van der Waals surface area contributed by atoms with Crippen LogP contribution in [0.15, 0.2) is 48.5 Å². The van der Waals surface area contributed by atoms with Crippen LogP contribution >= 0.6 is 0 Å². The molecular formula is C16H14FNO4. The summed E-state index contributed by atoms with van der Waals surface area (Å²) in [6, 6.07) is 12.8. The maximum absolute atomic E-state index is 13.2. The quantitative estimate of drug-likeness (QED) is 0.890. The molecule has 0 heterocycles. The molecule has 1 amide bonds. The van der Waals surface area contributed by atoms with Crippen molar-refractivity contribution in [2.75, 3.05) is 0 Å². The third-order valence-electron chi connectivity index (χ3n) is 2.91. The molecular weight excluding hydrogens is 289 g/mol. The van der Waals surface area contributed by atoms with E-state index in [-0.39, 0.29) is 13.2 Å². The number of amides is 1. The van der Waals surface area contributed by atoms with Crippen molar-refractivity contribution in [1.29, 1.82) is 0 Å². The smallest absolute Gasteiger partial charge is 0.407 e. The van der Waals surface area contributed by atoms with Gasteiger partial charge in [0.1, 0.15) is 12.4 Å². The van der Waals surface area contributed by atoms with Gasteiger partial charge >= 0.3 is 12.1 Å². The standard InChI is InChI=1S/C16H14FNO4/c17-14-7-6-12(8-13(14)15(19)20)9-18-16(21)22-10-11-4-2-1-3-5-11/h1-8H,9-10H2,(H,18,21)(H,19,20). The third kappa shape index (κ3) is 4.31. The summed E-state index contributed by atoms with van der Waals surface area (Å²) < 4.78 is 18.2. The highest BCUT2D eigenvalue weighted by atomic mass is 19.1. The molecule has 0 aliphatic carbocycles. The molecule has 114 valence electrons. The highest BCUT2D eigenvalue weighted by Gasteiger charge is 2.11. The molecule has 0 unspecified atom stereocenters. The van der Waals surface area contributed by atoms with Gasteiger partial charge in [-0.1, -0.05) is 36.4 Å². The lowest BCUT2D eigenvalue weighted by atomic mass is 10.1. The van der Waals surface area contributed by atoms with Crippen molar-refractivity contribution in [3.63, 3.8) is 0 Å². The molecule has 0 aliphatic heterocycles. The summed E-state index contributed by atoms with van der Waals surface area (Å²) in [4.78, 5) is 22.4. The van der Waals surface area contributed by atoms with Gasteiger partial charge in [-0.2, -0.15) is 0 Å². The van der Waals surface area contributed by atoms with E-state index >= 15 is 0 Å². The number of hydrogen-bond acceptors (Lipinski definition) is 3. The van der Waals surface area contributed by atoms with Crippen LogP contribution in [0.2, 0.25) is 0 Å². The lowest BCUT2D eigenvalue weighted by Gasteiger charge is -2.08. The summed E-state index contributed by atoms with van der Waals surface area (Å²) in [7, 11) is 0. The van der Waals surface area contributed by atoms with E-state index in [2.05, 4.69) is 5.32 Å². The molecule has 5 nitrogen and oxygen atoms in total. The molecule has 0 saturated heterocycles. The van der Waals surface area contributed by atoms with E-state index < -0.39 is 23.4 Å². The van der Waals surface area contributed by atoms with Crippen molar-refractivity contribution >= 4 is 12.1 Å². The summed E-state index contributed by atoms with van der Waals surface area (Å²) in [5, 5.41) is 11.3. The Bertz CT molecular complexity index is 673. The number of benzene rings is 2. The predicted molar refractivity (Wildman–Crippen MR) is 76.8 cm³/mol. The summed E-state index contributed by atoms with van der Waals surface area (Å²) in [6.07, 6.45) is -0.634. The largest absolute Gasteiger partial charge is 0.478 e. The minimum absolute atomic E-state index is 0.0498. The number of nitrogens with one attached hydrogen (secondary N) is 1. The fraction of sp³-hybridized carbons (Fsp3) is 0.125. The predicted octanol–water partition coefficient (Wildman–Crippen LogP) is 2.95. The van der Waals surface area contributed by atoms with Crippen molar-refractivity contribution in [2.45, 2.75) is 13.2 Å². The van der Waals surface area contributed by atoms with Crippen molar-refractivity contribution in [2.24, 2.45) is 0 Å². The molecule has 6 heteroatoms. The Morgan fingerprint density at radius 3 is 2.50 bits per heavy atom. The minimum Gasteiger partial charge on any atom is -0.478 e. The van der Waals surface area contributed by atoms with Gasteiger partial charge in [-0.05, 0) is 23.3 Å². The average Bonchev–Trinajstić information content (AvgIpc) is 2.53. The van der Waals surface area contributed by atoms with Crippen LogP contribution in [-0.4, -0.2) is 17.2 Å². The number of carboxylic acids is 1. The van der Waals surface area contributed by atoms with Gasteiger partial charge in [-0.3, -0.25) is 0 Å². The Morgan fingerprint density at radius 1 is 1.09 bits per heavy atom. The Morgan fingerprint density at radius 2 is 1.82 bits per heavy atom. The normalized spacial score (nSPS) is 10.0. The first kappa shape index (κ1) is 15.5. The monoisotopic (exact) mass is 303 g/mol. The van der Waals surface area contributed by atoms with E-state index in [0.29, 0.717) is 5.56 Å². The SMILES string of the molecule is O=C(NCc1ccc(F)c(C(=O)O)c1)OCc1ccccc1. The van der Waals surface area contributed by atoms with E-state index in [0.717, 1.165) is 11.6 Å². The van der Waals surface area contributed by atoms with Gasteiger partial charge < -0.3 is 15.2 Å². The van der Waals surface area contributed by atoms with E-state index in [1.807, 2.05) is 30.3 Å². The molecule has 2 rings (SSSR count). The van der Waals surface area contributed by atoms with Gasteiger partial charge in [-0.25, -0.2) is 14.0 Å². The van der Waals surface area contributed by atoms with E-state index in [9.17, 15) is 14.0 Å². The minimum atomic E-state index is -1.36. The number of hydrogen-bond donors (Lipinski definition) is 2. The van der Waals surface area contributed by atoms with Crippen molar-refractivity contribution in [3.8, 4) is 0 Å². The molecule has 0 saturated carbocycles. The van der Waals surface area contributed by atoms with Crippen molar-refractivity contribution < 1.29 is 23.8 Å². The molecule has 0 fully saturated rings. The lowest BCUT2D eigenvalue weighted by Crippen LogP contribution is -2.23. The first-order valence-electron chi connectivity index (χ1n) is 6.52. The van der Waals surface area contributed by atoms with Gasteiger partial charge in [0.15, 0.2) is 0 Å². The first-order valence-corrected chi connectivity index (χ1v) is 6.52. The van der Waals surface area contributed by atoms with Gasteiger partial charge in [0.2, 0.25) is 0 Å². The van der Waals surface area contributed by atoms with Gasteiger partial charge in [0.25, 0.3) is 0 Å². The summed E-state index contributed by atoms with van der Waals surface area (Å²) in [5.74, 6) is -2.17. The maximum Gasteiger partial charge on any atom is 0.407 e. The zero-order valence-corrected chi connectivity index (χ0v) is 11.6. The molecule has 0 aliphatic rings. The van der Waals surface area contributed by atoms with E-state index in [1.165, 1.54) is 12.1 Å². The second kappa shape index (κ2) is 7.21. The van der Waals surface area contributed by atoms with Crippen LogP contribution in [0.5, 0.6) is 0 Å². The number of carbonyl (C=O) groups excluding carboxylic acids is 1. The Hall–Kier alpha value is -2.89. The number of rotatable bonds is 5. The molecule has 0 spiro atoms. The Balaban J connectivity index is 1.86. The second-order valence-corrected chi connectivity index (χ2v) is 4.53. The molecule has 2 aromatic rings. The highest BCUT2D eigenvalue weighted by Crippen LogP contribution is 2.10. The lowest BCUT2D eigenvalue weighted by molar-refractivity contribution is 0.0691. The maximum atomic E-state index is 13.2. The molecule has 2 N–H and O–H groups in total. The van der Waals surface area contributed by atoms with Gasteiger partial charge in [0.05, 0.1) is 5.56 Å². The molecule has 0 aromatic heterocycles. The van der Waals surface area contributed by atoms with Crippen LogP contribution < -0.4 is 5.32 Å². The fourth-order valence-electron chi connectivity index (χ4n) is 1.79. The van der Waals surface area contributed by atoms with E-state index in [1.54, 1.807) is 0 Å². The average molecular weight is 303 g/mol. The van der Waals surface area contributed by atoms with Crippen molar-refractivity contribution in [3.05, 3.63) is 71.0 Å². The van der Waals surface area contributed by atoms with Crippen molar-refractivity contribution in [1.82, 2.24) is 5.32 Å². The highest BCUT2D eigenvalue weighted by molar-refractivity contribution is 5.88. The fourth-order valence-corrected chi connectivity index (χ4v) is 1.79. The summed E-state index contributed by atoms with van der Waals surface area (Å²) >= 11 is 0. The first-order chi connectivity index (χ1) is 10.6. The number of halogens is 1. The topological polar surface area (TPSA) is 75.6 Å². The number of alkyl carbamates (subject to hydrolysis) is 1. The van der Waals surface area contributed by atoms with Crippen LogP contribution in [0.25, 0.3) is 0 Å². The van der Waals surface area contributed by atoms with Gasteiger partial charge in [0, 0.05) is 6.54 Å². The van der Waals surface area contributed by atoms with Crippen LogP contribution in [0.3, 0.4) is 0 Å².